The van der Waals surface area contributed by atoms with E-state index < -0.39 is 73.9 Å². The van der Waals surface area contributed by atoms with Gasteiger partial charge in [-0.1, -0.05) is 62.7 Å². The van der Waals surface area contributed by atoms with Gasteiger partial charge in [0.25, 0.3) is 0 Å². The van der Waals surface area contributed by atoms with E-state index in [0.29, 0.717) is 24.5 Å². The highest BCUT2D eigenvalue weighted by molar-refractivity contribution is 7.90. The molecule has 2 N–H and O–H groups in total. The van der Waals surface area contributed by atoms with Gasteiger partial charge >= 0.3 is 6.09 Å². The Hall–Kier alpha value is -4.78. The number of allylic oxidation sites excluding steroid dienone is 1. The molecule has 5 atom stereocenters. The number of ketones is 1. The van der Waals surface area contributed by atoms with E-state index in [1.807, 2.05) is 37.3 Å². The van der Waals surface area contributed by atoms with E-state index in [4.69, 9.17) is 9.47 Å². The van der Waals surface area contributed by atoms with Crippen LogP contribution in [-0.2, 0) is 24.4 Å². The molecule has 2 heterocycles. The first-order valence-corrected chi connectivity index (χ1v) is 18.7. The molecule has 12 nitrogen and oxygen atoms in total. The van der Waals surface area contributed by atoms with Gasteiger partial charge in [-0.25, -0.2) is 18.2 Å². The van der Waals surface area contributed by atoms with Gasteiger partial charge in [0.1, 0.15) is 17.9 Å². The van der Waals surface area contributed by atoms with Crippen molar-refractivity contribution in [2.45, 2.75) is 83.2 Å². The highest BCUT2D eigenvalue weighted by atomic mass is 32.2. The zero-order chi connectivity index (χ0) is 36.7. The average Bonchev–Trinajstić information content (AvgIpc) is 4.01. The van der Waals surface area contributed by atoms with Gasteiger partial charge < -0.3 is 19.7 Å². The largest absolute Gasteiger partial charge is 0.472 e. The van der Waals surface area contributed by atoms with Crippen LogP contribution >= 0.6 is 0 Å². The van der Waals surface area contributed by atoms with E-state index in [-0.39, 0.29) is 25.8 Å². The number of aryl methyl sites for hydroxylation is 1. The van der Waals surface area contributed by atoms with E-state index in [1.165, 1.54) is 4.90 Å². The number of nitrogens with zero attached hydrogens (tertiary/aromatic N) is 2. The maximum absolute atomic E-state index is 14.5. The van der Waals surface area contributed by atoms with Crippen LogP contribution in [0.1, 0.15) is 58.4 Å². The Kier molecular flexibility index (Phi) is 9.71. The van der Waals surface area contributed by atoms with E-state index in [1.54, 1.807) is 57.3 Å². The van der Waals surface area contributed by atoms with Crippen LogP contribution < -0.4 is 19.5 Å². The standard InChI is InChI=1S/C38H44N4O8S/c1-6-25-20-38(25,35(45)41-51(47,48)28-15-16-28)21-31(43)30-19-27(49-33-29-10-8-7-9-24(29)17-18-39-33)22-42(30)34(44)32(37(3,4)5)40-36(46)50-26-13-11-23(2)12-14-26/h6-14,17-18,25,27-28,30,32H,1,15-16,19-22H2,2-5H3,(H,40,46)(H,41,45)/t25-,27-,30+,32-,38-/m1/s1. The summed E-state index contributed by atoms with van der Waals surface area (Å²) in [6.45, 7) is 11.1. The molecule has 270 valence electrons. The lowest BCUT2D eigenvalue weighted by molar-refractivity contribution is -0.142. The second-order valence-electron chi connectivity index (χ2n) is 15.0. The molecule has 3 aliphatic rings. The van der Waals surface area contributed by atoms with Gasteiger partial charge in [-0.3, -0.25) is 19.1 Å². The number of rotatable bonds is 12. The monoisotopic (exact) mass is 716 g/mol. The molecule has 0 unspecified atom stereocenters. The number of nitrogens with one attached hydrogen (secondary N) is 2. The maximum atomic E-state index is 14.5. The first-order chi connectivity index (χ1) is 24.1. The minimum atomic E-state index is -3.85. The lowest BCUT2D eigenvalue weighted by Gasteiger charge is -2.35. The molecule has 3 aromatic rings. The van der Waals surface area contributed by atoms with Crippen molar-refractivity contribution in [3.63, 3.8) is 0 Å². The molecule has 2 saturated carbocycles. The third-order valence-electron chi connectivity index (χ3n) is 10.00. The lowest BCUT2D eigenvalue weighted by Crippen LogP contribution is -2.57. The van der Waals surface area contributed by atoms with Crippen molar-refractivity contribution in [3.8, 4) is 11.6 Å². The number of aromatic nitrogens is 1. The predicted octanol–water partition coefficient (Wildman–Crippen LogP) is 4.85. The topological polar surface area (TPSA) is 161 Å². The van der Waals surface area contributed by atoms with Crippen molar-refractivity contribution >= 4 is 44.5 Å². The SMILES string of the molecule is C=C[C@@H]1C[C@]1(CC(=O)[C@@H]1C[C@@H](Oc2nccc3ccccc23)CN1C(=O)[C@@H](NC(=O)Oc1ccc(C)cc1)C(C)(C)C)C(=O)NS(=O)(=O)C1CC1. The van der Waals surface area contributed by atoms with Crippen molar-refractivity contribution in [1.82, 2.24) is 19.9 Å². The quantitative estimate of drug-likeness (QED) is 0.250. The Morgan fingerprint density at radius 3 is 2.43 bits per heavy atom. The molecular weight excluding hydrogens is 673 g/mol. The number of amides is 3. The van der Waals surface area contributed by atoms with Crippen LogP contribution in [0.25, 0.3) is 10.8 Å². The molecule has 0 bridgehead atoms. The molecular formula is C38H44N4O8S. The first-order valence-electron chi connectivity index (χ1n) is 17.2. The van der Waals surface area contributed by atoms with Crippen molar-refractivity contribution in [2.24, 2.45) is 16.7 Å². The lowest BCUT2D eigenvalue weighted by atomic mass is 9.85. The number of benzene rings is 2. The zero-order valence-corrected chi connectivity index (χ0v) is 30.1. The molecule has 13 heteroatoms. The number of carbonyl (C=O) groups is 4. The number of pyridine rings is 1. The minimum Gasteiger partial charge on any atom is -0.472 e. The van der Waals surface area contributed by atoms with Crippen molar-refractivity contribution < 1.29 is 37.1 Å². The fourth-order valence-corrected chi connectivity index (χ4v) is 8.14. The van der Waals surface area contributed by atoms with Gasteiger partial charge in [0.15, 0.2) is 5.78 Å². The molecule has 1 aliphatic heterocycles. The summed E-state index contributed by atoms with van der Waals surface area (Å²) < 4.78 is 39.5. The fourth-order valence-electron chi connectivity index (χ4n) is 6.76. The van der Waals surface area contributed by atoms with Gasteiger partial charge in [0.05, 0.1) is 23.3 Å². The molecule has 2 aliphatic carbocycles. The maximum Gasteiger partial charge on any atom is 0.413 e. The van der Waals surface area contributed by atoms with Crippen LogP contribution in [0.5, 0.6) is 11.6 Å². The van der Waals surface area contributed by atoms with Crippen LogP contribution in [0, 0.1) is 23.7 Å². The summed E-state index contributed by atoms with van der Waals surface area (Å²) in [7, 11) is -3.85. The molecule has 6 rings (SSSR count). The van der Waals surface area contributed by atoms with E-state index in [2.05, 4.69) is 21.6 Å². The Bertz CT molecular complexity index is 1970. The van der Waals surface area contributed by atoms with Crippen LogP contribution in [0.2, 0.25) is 0 Å². The number of hydrogen-bond acceptors (Lipinski definition) is 9. The average molecular weight is 717 g/mol. The van der Waals surface area contributed by atoms with Crippen molar-refractivity contribution in [3.05, 3.63) is 79.0 Å². The molecule has 0 radical (unpaired) electrons. The number of ether oxygens (including phenoxy) is 2. The third kappa shape index (κ3) is 7.78. The molecule has 3 fully saturated rings. The minimum absolute atomic E-state index is 0.00154. The highest BCUT2D eigenvalue weighted by Crippen LogP contribution is 2.57. The summed E-state index contributed by atoms with van der Waals surface area (Å²) in [4.78, 5) is 61.3. The Labute approximate surface area is 298 Å². The fraction of sp³-hybridized carbons (Fsp3) is 0.447. The third-order valence-corrected chi connectivity index (χ3v) is 11.8. The Balaban J connectivity index is 1.27. The van der Waals surface area contributed by atoms with Crippen molar-refractivity contribution in [2.75, 3.05) is 6.54 Å². The van der Waals surface area contributed by atoms with Crippen LogP contribution in [0.15, 0.2) is 73.4 Å². The normalized spacial score (nSPS) is 23.6. The van der Waals surface area contributed by atoms with Crippen LogP contribution in [0.4, 0.5) is 4.79 Å². The van der Waals surface area contributed by atoms with Gasteiger partial charge in [0, 0.05) is 24.4 Å². The Morgan fingerprint density at radius 2 is 1.78 bits per heavy atom. The molecule has 0 spiro atoms. The summed E-state index contributed by atoms with van der Waals surface area (Å²) in [6.07, 6.45) is 2.70. The number of carbonyl (C=O) groups excluding carboxylic acids is 4. The summed E-state index contributed by atoms with van der Waals surface area (Å²) in [5.41, 5.74) is -1.12. The summed E-state index contributed by atoms with van der Waals surface area (Å²) in [5.74, 6) is -1.43. The smallest absolute Gasteiger partial charge is 0.413 e. The van der Waals surface area contributed by atoms with Gasteiger partial charge in [-0.15, -0.1) is 6.58 Å². The van der Waals surface area contributed by atoms with E-state index in [9.17, 15) is 27.6 Å². The molecule has 1 aromatic heterocycles. The molecule has 2 aromatic carbocycles. The highest BCUT2D eigenvalue weighted by Gasteiger charge is 2.61. The number of hydrogen-bond donors (Lipinski definition) is 2. The van der Waals surface area contributed by atoms with Gasteiger partial charge in [-0.2, -0.15) is 0 Å². The van der Waals surface area contributed by atoms with Crippen LogP contribution in [-0.4, -0.2) is 72.0 Å². The van der Waals surface area contributed by atoms with Crippen LogP contribution in [0.3, 0.4) is 0 Å². The van der Waals surface area contributed by atoms with Gasteiger partial charge in [-0.05, 0) is 67.2 Å². The second kappa shape index (κ2) is 13.7. The second-order valence-corrected chi connectivity index (χ2v) is 16.9. The summed E-state index contributed by atoms with van der Waals surface area (Å²) in [6, 6.07) is 14.2. The summed E-state index contributed by atoms with van der Waals surface area (Å²) >= 11 is 0. The zero-order valence-electron chi connectivity index (χ0n) is 29.3. The molecule has 1 saturated heterocycles. The first kappa shape index (κ1) is 36.0. The van der Waals surface area contributed by atoms with E-state index in [0.717, 1.165) is 16.3 Å². The predicted molar refractivity (Wildman–Crippen MR) is 190 cm³/mol. The van der Waals surface area contributed by atoms with Gasteiger partial charge in [0.2, 0.25) is 27.7 Å². The molecule has 3 amide bonds. The Morgan fingerprint density at radius 1 is 1.08 bits per heavy atom. The number of sulfonamides is 1. The van der Waals surface area contributed by atoms with Crippen molar-refractivity contribution in [1.29, 1.82) is 0 Å². The summed E-state index contributed by atoms with van der Waals surface area (Å²) in [5, 5.41) is 3.78. The number of likely N-dealkylation sites (tertiary alicyclic amines) is 1. The number of Topliss-reactive ketones (excluding diaryl/α,β-unsaturated/α-hetero) is 1. The van der Waals surface area contributed by atoms with E-state index >= 15 is 0 Å². The number of fused-ring (bicyclic) bond motifs is 1. The molecule has 51 heavy (non-hydrogen) atoms.